The van der Waals surface area contributed by atoms with Crippen molar-refractivity contribution in [3.05, 3.63) is 29.6 Å². The minimum Gasteiger partial charge on any atom is -0.497 e. The monoisotopic (exact) mass is 288 g/mol. The summed E-state index contributed by atoms with van der Waals surface area (Å²) in [6.07, 6.45) is 0.965. The van der Waals surface area contributed by atoms with Crippen molar-refractivity contribution in [2.24, 2.45) is 5.14 Å². The SMILES string of the molecule is COc1ccc(C2CCC(S(N)(=O)=O)CN2)c(F)c1. The summed E-state index contributed by atoms with van der Waals surface area (Å²) in [5, 5.41) is 7.54. The standard InChI is InChI=1S/C12H17FN2O3S/c1-18-8-2-4-10(11(13)6-8)12-5-3-9(7-15-12)19(14,16)17/h2,4,6,9,12,15H,3,5,7H2,1H3,(H2,14,16,17). The summed E-state index contributed by atoms with van der Waals surface area (Å²) in [7, 11) is -2.05. The van der Waals surface area contributed by atoms with Crippen molar-refractivity contribution in [2.45, 2.75) is 24.1 Å². The van der Waals surface area contributed by atoms with Crippen molar-refractivity contribution >= 4 is 10.0 Å². The zero-order valence-corrected chi connectivity index (χ0v) is 11.4. The molecular formula is C12H17FN2O3S. The minimum absolute atomic E-state index is 0.191. The van der Waals surface area contributed by atoms with Gasteiger partial charge in [0.15, 0.2) is 0 Å². The summed E-state index contributed by atoms with van der Waals surface area (Å²) >= 11 is 0. The van der Waals surface area contributed by atoms with E-state index in [4.69, 9.17) is 9.88 Å². The van der Waals surface area contributed by atoms with Gasteiger partial charge in [-0.3, -0.25) is 0 Å². The molecule has 1 fully saturated rings. The summed E-state index contributed by atoms with van der Waals surface area (Å²) in [6, 6.07) is 4.47. The maximum Gasteiger partial charge on any atom is 0.213 e. The highest BCUT2D eigenvalue weighted by atomic mass is 32.2. The van der Waals surface area contributed by atoms with Crippen LogP contribution in [0.5, 0.6) is 5.75 Å². The molecule has 1 aromatic carbocycles. The van der Waals surface area contributed by atoms with Gasteiger partial charge in [0.1, 0.15) is 11.6 Å². The van der Waals surface area contributed by atoms with Gasteiger partial charge in [-0.15, -0.1) is 0 Å². The van der Waals surface area contributed by atoms with Crippen LogP contribution in [0.1, 0.15) is 24.4 Å². The molecular weight excluding hydrogens is 271 g/mol. The van der Waals surface area contributed by atoms with E-state index in [1.165, 1.54) is 13.2 Å². The lowest BCUT2D eigenvalue weighted by Crippen LogP contribution is -2.43. The molecule has 3 N–H and O–H groups in total. The van der Waals surface area contributed by atoms with Gasteiger partial charge in [0.2, 0.25) is 10.0 Å². The van der Waals surface area contributed by atoms with E-state index in [-0.39, 0.29) is 18.4 Å². The molecule has 5 nitrogen and oxygen atoms in total. The molecule has 0 aromatic heterocycles. The number of halogens is 1. The highest BCUT2D eigenvalue weighted by Gasteiger charge is 2.29. The number of methoxy groups -OCH3 is 1. The average molecular weight is 288 g/mol. The van der Waals surface area contributed by atoms with Gasteiger partial charge in [0, 0.05) is 24.2 Å². The second-order valence-electron chi connectivity index (χ2n) is 4.64. The fraction of sp³-hybridized carbons (Fsp3) is 0.500. The molecule has 106 valence electrons. The Bertz CT molecular complexity index is 554. The number of ether oxygens (including phenoxy) is 1. The van der Waals surface area contributed by atoms with Gasteiger partial charge in [-0.1, -0.05) is 6.07 Å². The number of nitrogens with one attached hydrogen (secondary N) is 1. The molecule has 1 saturated heterocycles. The van der Waals surface area contributed by atoms with Crippen LogP contribution >= 0.6 is 0 Å². The van der Waals surface area contributed by atoms with E-state index in [9.17, 15) is 12.8 Å². The Morgan fingerprint density at radius 1 is 1.42 bits per heavy atom. The van der Waals surface area contributed by atoms with Crippen LogP contribution in [-0.2, 0) is 10.0 Å². The van der Waals surface area contributed by atoms with Crippen molar-refractivity contribution in [2.75, 3.05) is 13.7 Å². The van der Waals surface area contributed by atoms with E-state index < -0.39 is 15.3 Å². The minimum atomic E-state index is -3.53. The number of benzene rings is 1. The molecule has 0 saturated carbocycles. The zero-order chi connectivity index (χ0) is 14.0. The third kappa shape index (κ3) is 3.23. The summed E-state index contributed by atoms with van der Waals surface area (Å²) in [4.78, 5) is 0. The van der Waals surface area contributed by atoms with Crippen LogP contribution in [-0.4, -0.2) is 27.3 Å². The topological polar surface area (TPSA) is 81.4 Å². The first-order chi connectivity index (χ1) is 8.91. The highest BCUT2D eigenvalue weighted by molar-refractivity contribution is 7.89. The molecule has 1 aliphatic heterocycles. The summed E-state index contributed by atoms with van der Waals surface area (Å²) in [5.41, 5.74) is 0.522. The molecule has 19 heavy (non-hydrogen) atoms. The predicted octanol–water partition coefficient (Wildman–Crippen LogP) is 0.916. The molecule has 0 amide bonds. The van der Waals surface area contributed by atoms with Crippen molar-refractivity contribution in [1.82, 2.24) is 5.32 Å². The summed E-state index contributed by atoms with van der Waals surface area (Å²) in [6.45, 7) is 0.245. The van der Waals surface area contributed by atoms with Gasteiger partial charge in [-0.25, -0.2) is 17.9 Å². The normalized spacial score (nSPS) is 24.2. The molecule has 0 bridgehead atoms. The smallest absolute Gasteiger partial charge is 0.213 e. The van der Waals surface area contributed by atoms with Gasteiger partial charge in [0.25, 0.3) is 0 Å². The number of hydrogen-bond donors (Lipinski definition) is 2. The Morgan fingerprint density at radius 3 is 2.63 bits per heavy atom. The molecule has 2 atom stereocenters. The van der Waals surface area contributed by atoms with Crippen molar-refractivity contribution < 1.29 is 17.5 Å². The van der Waals surface area contributed by atoms with Crippen LogP contribution in [0.4, 0.5) is 4.39 Å². The lowest BCUT2D eigenvalue weighted by Gasteiger charge is -2.29. The second-order valence-corrected chi connectivity index (χ2v) is 6.48. The molecule has 1 heterocycles. The van der Waals surface area contributed by atoms with E-state index in [2.05, 4.69) is 5.32 Å². The van der Waals surface area contributed by atoms with Crippen LogP contribution in [0.25, 0.3) is 0 Å². The number of sulfonamides is 1. The number of piperidine rings is 1. The fourth-order valence-electron chi connectivity index (χ4n) is 2.29. The molecule has 0 aliphatic carbocycles. The molecule has 7 heteroatoms. The molecule has 2 unspecified atom stereocenters. The van der Waals surface area contributed by atoms with E-state index in [1.54, 1.807) is 12.1 Å². The van der Waals surface area contributed by atoms with Crippen LogP contribution < -0.4 is 15.2 Å². The first-order valence-electron chi connectivity index (χ1n) is 6.00. The quantitative estimate of drug-likeness (QED) is 0.866. The highest BCUT2D eigenvalue weighted by Crippen LogP contribution is 2.28. The van der Waals surface area contributed by atoms with E-state index in [0.29, 0.717) is 24.2 Å². The van der Waals surface area contributed by atoms with Crippen LogP contribution in [0, 0.1) is 5.82 Å². The Labute approximate surface area is 112 Å². The van der Waals surface area contributed by atoms with Gasteiger partial charge in [-0.2, -0.15) is 0 Å². The van der Waals surface area contributed by atoms with Crippen LogP contribution in [0.15, 0.2) is 18.2 Å². The van der Waals surface area contributed by atoms with E-state index >= 15 is 0 Å². The summed E-state index contributed by atoms with van der Waals surface area (Å²) in [5.74, 6) is 0.102. The average Bonchev–Trinajstić information content (AvgIpc) is 2.37. The Hall–Kier alpha value is -1.18. The lowest BCUT2D eigenvalue weighted by atomic mass is 9.97. The largest absolute Gasteiger partial charge is 0.497 e. The van der Waals surface area contributed by atoms with Gasteiger partial charge in [0.05, 0.1) is 12.4 Å². The number of hydrogen-bond acceptors (Lipinski definition) is 4. The first-order valence-corrected chi connectivity index (χ1v) is 7.61. The van der Waals surface area contributed by atoms with Gasteiger partial charge >= 0.3 is 0 Å². The van der Waals surface area contributed by atoms with E-state index in [1.807, 2.05) is 0 Å². The predicted molar refractivity (Wildman–Crippen MR) is 69.8 cm³/mol. The lowest BCUT2D eigenvalue weighted by molar-refractivity contribution is 0.390. The summed E-state index contributed by atoms with van der Waals surface area (Å²) < 4.78 is 41.3. The number of nitrogens with two attached hydrogens (primary N) is 1. The van der Waals surface area contributed by atoms with Crippen molar-refractivity contribution in [1.29, 1.82) is 0 Å². The van der Waals surface area contributed by atoms with E-state index in [0.717, 1.165) is 0 Å². The van der Waals surface area contributed by atoms with Gasteiger partial charge < -0.3 is 10.1 Å². The maximum absolute atomic E-state index is 13.9. The Morgan fingerprint density at radius 2 is 2.16 bits per heavy atom. The third-order valence-electron chi connectivity index (χ3n) is 3.42. The van der Waals surface area contributed by atoms with Crippen LogP contribution in [0.2, 0.25) is 0 Å². The number of rotatable bonds is 3. The maximum atomic E-state index is 13.9. The zero-order valence-electron chi connectivity index (χ0n) is 10.6. The molecule has 1 aliphatic rings. The Balaban J connectivity index is 2.10. The van der Waals surface area contributed by atoms with Crippen molar-refractivity contribution in [3.63, 3.8) is 0 Å². The van der Waals surface area contributed by atoms with Gasteiger partial charge in [-0.05, 0) is 18.9 Å². The molecule has 0 radical (unpaired) electrons. The molecule has 0 spiro atoms. The Kier molecular flexibility index (Phi) is 4.07. The first kappa shape index (κ1) is 14.2. The molecule has 2 rings (SSSR count). The molecule has 1 aromatic rings. The number of primary sulfonamides is 1. The third-order valence-corrected chi connectivity index (χ3v) is 4.75. The second kappa shape index (κ2) is 5.44. The van der Waals surface area contributed by atoms with Crippen LogP contribution in [0.3, 0.4) is 0 Å². The van der Waals surface area contributed by atoms with Crippen molar-refractivity contribution in [3.8, 4) is 5.75 Å². The fourth-order valence-corrected chi connectivity index (χ4v) is 3.09.